The molecular weight excluding hydrogens is 318 g/mol. The minimum atomic E-state index is -3.41. The number of fused-ring (bicyclic) bond motifs is 1. The lowest BCUT2D eigenvalue weighted by molar-refractivity contribution is -0.157. The van der Waals surface area contributed by atoms with Crippen molar-refractivity contribution in [3.05, 3.63) is 0 Å². The monoisotopic (exact) mass is 346 g/mol. The van der Waals surface area contributed by atoms with Crippen LogP contribution in [0.3, 0.4) is 0 Å². The van der Waals surface area contributed by atoms with Gasteiger partial charge in [-0.15, -0.1) is 0 Å². The highest BCUT2D eigenvalue weighted by molar-refractivity contribution is 7.61. The quantitative estimate of drug-likeness (QED) is 0.567. The van der Waals surface area contributed by atoms with Gasteiger partial charge in [0.15, 0.2) is 0 Å². The van der Waals surface area contributed by atoms with E-state index in [1.165, 1.54) is 0 Å². The molecule has 0 spiro atoms. The van der Waals surface area contributed by atoms with Crippen molar-refractivity contribution in [1.29, 1.82) is 0 Å². The number of halogens is 1. The lowest BCUT2D eigenvalue weighted by atomic mass is 9.91. The number of ether oxygens (including phenoxy) is 1. The summed E-state index contributed by atoms with van der Waals surface area (Å²) in [4.78, 5) is 12.2. The highest BCUT2D eigenvalue weighted by Crippen LogP contribution is 2.80. The third-order valence-electron chi connectivity index (χ3n) is 5.55. The molecule has 0 N–H and O–H groups in total. The summed E-state index contributed by atoms with van der Waals surface area (Å²) in [5, 5.41) is -1.96. The van der Waals surface area contributed by atoms with Gasteiger partial charge in [-0.3, -0.25) is 9.36 Å². The summed E-state index contributed by atoms with van der Waals surface area (Å²) >= 11 is 0. The molecular formula is C16H28FN2O3P. The van der Waals surface area contributed by atoms with Gasteiger partial charge in [0.1, 0.15) is 11.5 Å². The van der Waals surface area contributed by atoms with Gasteiger partial charge in [0, 0.05) is 18.5 Å². The number of carbonyl (C=O) groups is 1. The first-order chi connectivity index (χ1) is 10.5. The van der Waals surface area contributed by atoms with E-state index in [4.69, 9.17) is 4.74 Å². The van der Waals surface area contributed by atoms with Crippen LogP contribution in [-0.2, 0) is 14.1 Å². The molecule has 0 aromatic carbocycles. The highest BCUT2D eigenvalue weighted by atomic mass is 31.2. The fourth-order valence-electron chi connectivity index (χ4n) is 4.30. The molecule has 1 saturated heterocycles. The number of nitrogens with zero attached hydrogens (tertiary/aromatic N) is 2. The Hall–Kier alpha value is -0.450. The third kappa shape index (κ3) is 2.49. The molecule has 0 aromatic heterocycles. The molecule has 2 saturated carbocycles. The summed E-state index contributed by atoms with van der Waals surface area (Å²) in [6, 6.07) is 0.263. The van der Waals surface area contributed by atoms with E-state index in [1.807, 2.05) is 0 Å². The lowest BCUT2D eigenvalue weighted by Crippen LogP contribution is -2.37. The number of carbonyl (C=O) groups excluding carboxylic acids is 1. The van der Waals surface area contributed by atoms with Gasteiger partial charge in [-0.1, -0.05) is 12.8 Å². The van der Waals surface area contributed by atoms with Gasteiger partial charge in [0.25, 0.3) is 7.44 Å². The Morgan fingerprint density at radius 1 is 1.17 bits per heavy atom. The number of rotatable bonds is 2. The summed E-state index contributed by atoms with van der Waals surface area (Å²) in [6.45, 7) is 5.28. The van der Waals surface area contributed by atoms with Crippen LogP contribution in [0.2, 0.25) is 0 Å². The van der Waals surface area contributed by atoms with Crippen LogP contribution >= 0.6 is 7.44 Å². The minimum Gasteiger partial charge on any atom is -0.460 e. The molecule has 7 heteroatoms. The van der Waals surface area contributed by atoms with E-state index in [2.05, 4.69) is 0 Å². The molecule has 3 aliphatic rings. The van der Waals surface area contributed by atoms with E-state index in [0.717, 1.165) is 25.7 Å². The van der Waals surface area contributed by atoms with Gasteiger partial charge in [-0.05, 0) is 47.7 Å². The molecule has 0 bridgehead atoms. The largest absolute Gasteiger partial charge is 0.460 e. The Morgan fingerprint density at radius 2 is 1.65 bits per heavy atom. The molecule has 1 heterocycles. The summed E-state index contributed by atoms with van der Waals surface area (Å²) in [6.07, 6.45) is 4.08. The van der Waals surface area contributed by atoms with E-state index in [9.17, 15) is 9.36 Å². The van der Waals surface area contributed by atoms with Crippen LogP contribution in [-0.4, -0.2) is 52.5 Å². The molecule has 0 radical (unpaired) electrons. The van der Waals surface area contributed by atoms with Gasteiger partial charge in [-0.2, -0.15) is 0 Å². The van der Waals surface area contributed by atoms with Crippen molar-refractivity contribution < 1.29 is 18.5 Å². The van der Waals surface area contributed by atoms with Crippen LogP contribution in [0.25, 0.3) is 0 Å². The lowest BCUT2D eigenvalue weighted by Gasteiger charge is -2.31. The maximum absolute atomic E-state index is 15.6. The van der Waals surface area contributed by atoms with Gasteiger partial charge in [-0.25, -0.2) is 13.7 Å². The molecule has 0 amide bonds. The Kier molecular flexibility index (Phi) is 3.98. The van der Waals surface area contributed by atoms with Gasteiger partial charge in [0.05, 0.1) is 0 Å². The maximum atomic E-state index is 15.6. The summed E-state index contributed by atoms with van der Waals surface area (Å²) in [5.74, 6) is -1.47. The first kappa shape index (κ1) is 17.4. The van der Waals surface area contributed by atoms with Crippen LogP contribution in [0.4, 0.5) is 4.39 Å². The summed E-state index contributed by atoms with van der Waals surface area (Å²) in [5.41, 5.74) is -0.656. The molecule has 3 rings (SSSR count). The van der Waals surface area contributed by atoms with Crippen molar-refractivity contribution in [2.75, 3.05) is 14.1 Å². The Morgan fingerprint density at radius 3 is 2.09 bits per heavy atom. The SMILES string of the molecule is CN1[C@H]2CCCC[C@@H]2N(C)P1(=O)[C@@]1(F)C[C@@H]1C(=O)OC(C)(C)C. The standard InChI is InChI=1S/C16H28FN2O3P/c1-15(2,3)22-14(20)11-10-16(11,17)23(21)18(4)12-8-6-7-9-13(12)19(23)5/h11-13H,6-10H2,1-5H3/t11-,12+,13+,16+/m1/s1. The molecule has 23 heavy (non-hydrogen) atoms. The molecule has 132 valence electrons. The van der Waals surface area contributed by atoms with E-state index < -0.39 is 30.3 Å². The fourth-order valence-corrected chi connectivity index (χ4v) is 8.07. The summed E-state index contributed by atoms with van der Waals surface area (Å²) < 4.78 is 38.1. The Bertz CT molecular complexity index is 542. The van der Waals surface area contributed by atoms with E-state index in [-0.39, 0.29) is 18.5 Å². The normalized spacial score (nSPS) is 40.7. The number of likely N-dealkylation sites (N-methyl/N-ethyl adjacent to an activating group) is 2. The number of alkyl halides is 1. The van der Waals surface area contributed by atoms with E-state index in [0.29, 0.717) is 0 Å². The van der Waals surface area contributed by atoms with Gasteiger partial charge < -0.3 is 4.74 Å². The van der Waals surface area contributed by atoms with Crippen molar-refractivity contribution in [3.63, 3.8) is 0 Å². The average molecular weight is 346 g/mol. The predicted octanol–water partition coefficient (Wildman–Crippen LogP) is 3.40. The molecule has 4 atom stereocenters. The zero-order chi connectivity index (χ0) is 17.2. The highest BCUT2D eigenvalue weighted by Gasteiger charge is 2.77. The average Bonchev–Trinajstić information content (AvgIpc) is 3.12. The van der Waals surface area contributed by atoms with Crippen LogP contribution in [0, 0.1) is 5.92 Å². The first-order valence-electron chi connectivity index (χ1n) is 8.51. The predicted molar refractivity (Wildman–Crippen MR) is 87.0 cm³/mol. The number of hydrogen-bond donors (Lipinski definition) is 0. The first-order valence-corrected chi connectivity index (χ1v) is 10.1. The minimum absolute atomic E-state index is 0.00725. The second-order valence-electron chi connectivity index (χ2n) is 8.22. The summed E-state index contributed by atoms with van der Waals surface area (Å²) in [7, 11) is 0.119. The molecule has 2 aliphatic carbocycles. The van der Waals surface area contributed by atoms with Crippen molar-refractivity contribution in [3.8, 4) is 0 Å². The molecule has 0 unspecified atom stereocenters. The smallest absolute Gasteiger partial charge is 0.313 e. The maximum Gasteiger partial charge on any atom is 0.313 e. The van der Waals surface area contributed by atoms with Gasteiger partial charge in [0.2, 0.25) is 5.41 Å². The fraction of sp³-hybridized carbons (Fsp3) is 0.938. The third-order valence-corrected chi connectivity index (χ3v) is 9.32. The second-order valence-corrected chi connectivity index (χ2v) is 11.3. The molecule has 3 fully saturated rings. The molecule has 5 nitrogen and oxygen atoms in total. The van der Waals surface area contributed by atoms with Gasteiger partial charge >= 0.3 is 5.97 Å². The zero-order valence-corrected chi connectivity index (χ0v) is 15.6. The van der Waals surface area contributed by atoms with Crippen LogP contribution < -0.4 is 0 Å². The Labute approximate surface area is 138 Å². The topological polar surface area (TPSA) is 49.9 Å². The van der Waals surface area contributed by atoms with Crippen molar-refractivity contribution in [2.45, 2.75) is 76.0 Å². The Balaban J connectivity index is 1.83. The van der Waals surface area contributed by atoms with E-state index in [1.54, 1.807) is 44.2 Å². The zero-order valence-electron chi connectivity index (χ0n) is 14.7. The van der Waals surface area contributed by atoms with Crippen LogP contribution in [0.15, 0.2) is 0 Å². The van der Waals surface area contributed by atoms with Crippen molar-refractivity contribution in [1.82, 2.24) is 9.34 Å². The molecule has 1 aliphatic heterocycles. The van der Waals surface area contributed by atoms with Crippen LogP contribution in [0.1, 0.15) is 52.9 Å². The number of hydrogen-bond acceptors (Lipinski definition) is 3. The number of esters is 1. The molecule has 0 aromatic rings. The van der Waals surface area contributed by atoms with Crippen LogP contribution in [0.5, 0.6) is 0 Å². The van der Waals surface area contributed by atoms with E-state index >= 15 is 4.39 Å². The van der Waals surface area contributed by atoms with Crippen molar-refractivity contribution >= 4 is 13.4 Å². The second kappa shape index (κ2) is 5.27. The van der Waals surface area contributed by atoms with Crippen molar-refractivity contribution in [2.24, 2.45) is 5.92 Å².